The first-order valence-corrected chi connectivity index (χ1v) is 14.3. The molecule has 0 aliphatic rings. The van der Waals surface area contributed by atoms with Crippen LogP contribution in [0.5, 0.6) is 0 Å². The van der Waals surface area contributed by atoms with Crippen molar-refractivity contribution in [1.29, 1.82) is 0 Å². The third-order valence-corrected chi connectivity index (χ3v) is 8.35. The quantitative estimate of drug-likeness (QED) is 0.344. The third-order valence-electron chi connectivity index (χ3n) is 6.07. The largest absolute Gasteiger partial charge is 0.352 e. The number of amides is 2. The zero-order valence-electron chi connectivity index (χ0n) is 21.2. The Bertz CT molecular complexity index is 1300. The molecule has 9 heteroatoms. The van der Waals surface area contributed by atoms with Crippen molar-refractivity contribution in [2.75, 3.05) is 10.8 Å². The average molecular weight is 587 g/mol. The fourth-order valence-electron chi connectivity index (χ4n) is 3.71. The summed E-state index contributed by atoms with van der Waals surface area (Å²) in [5.41, 5.74) is 1.17. The van der Waals surface area contributed by atoms with Crippen molar-refractivity contribution in [1.82, 2.24) is 10.2 Å². The molecule has 0 aromatic heterocycles. The van der Waals surface area contributed by atoms with E-state index in [-0.39, 0.29) is 23.4 Å². The fraction of sp³-hybridized carbons (Fsp3) is 0.286. The molecule has 0 aliphatic heterocycles. The van der Waals surface area contributed by atoms with Gasteiger partial charge in [-0.1, -0.05) is 77.5 Å². The Kier molecular flexibility index (Phi) is 9.88. The summed E-state index contributed by atoms with van der Waals surface area (Å²) in [5, 5.41) is 2.93. The lowest BCUT2D eigenvalue weighted by Crippen LogP contribution is -2.52. The number of nitrogens with one attached hydrogen (secondary N) is 1. The molecule has 0 aliphatic carbocycles. The Balaban J connectivity index is 2.00. The van der Waals surface area contributed by atoms with E-state index in [2.05, 4.69) is 21.2 Å². The number of halogens is 1. The van der Waals surface area contributed by atoms with Crippen LogP contribution < -0.4 is 9.62 Å². The summed E-state index contributed by atoms with van der Waals surface area (Å²) in [6.07, 6.45) is 0.747. The van der Waals surface area contributed by atoms with Crippen LogP contribution in [0.15, 0.2) is 94.3 Å². The number of carbonyl (C=O) groups excluding carboxylic acids is 2. The molecule has 0 spiro atoms. The van der Waals surface area contributed by atoms with Crippen LogP contribution in [0.2, 0.25) is 0 Å². The van der Waals surface area contributed by atoms with Gasteiger partial charge >= 0.3 is 0 Å². The number of benzene rings is 3. The van der Waals surface area contributed by atoms with Crippen LogP contribution in [0.3, 0.4) is 0 Å². The minimum Gasteiger partial charge on any atom is -0.352 e. The minimum absolute atomic E-state index is 0.0553. The first kappa shape index (κ1) is 28.4. The van der Waals surface area contributed by atoms with E-state index < -0.39 is 28.5 Å². The highest BCUT2D eigenvalue weighted by molar-refractivity contribution is 9.10. The lowest BCUT2D eigenvalue weighted by molar-refractivity contribution is -0.139. The number of hydrogen-bond donors (Lipinski definition) is 1. The predicted molar refractivity (Wildman–Crippen MR) is 149 cm³/mol. The molecule has 0 fully saturated rings. The fourth-order valence-corrected chi connectivity index (χ4v) is 5.52. The smallest absolute Gasteiger partial charge is 0.264 e. The Labute approximate surface area is 227 Å². The van der Waals surface area contributed by atoms with Gasteiger partial charge in [-0.15, -0.1) is 0 Å². The molecule has 3 rings (SSSR count). The molecule has 0 saturated heterocycles. The van der Waals surface area contributed by atoms with Gasteiger partial charge in [0.05, 0.1) is 10.6 Å². The van der Waals surface area contributed by atoms with E-state index >= 15 is 0 Å². The average Bonchev–Trinajstić information content (AvgIpc) is 2.90. The second-order valence-corrected chi connectivity index (χ2v) is 11.6. The second kappa shape index (κ2) is 12.9. The molecule has 0 bridgehead atoms. The van der Waals surface area contributed by atoms with Crippen LogP contribution in [0, 0.1) is 0 Å². The van der Waals surface area contributed by atoms with E-state index in [9.17, 15) is 18.0 Å². The summed E-state index contributed by atoms with van der Waals surface area (Å²) >= 11 is 3.40. The number of nitrogens with zero attached hydrogens (tertiary/aromatic N) is 2. The summed E-state index contributed by atoms with van der Waals surface area (Å²) in [6.45, 7) is 5.21. The molecule has 37 heavy (non-hydrogen) atoms. The first-order chi connectivity index (χ1) is 17.6. The zero-order valence-corrected chi connectivity index (χ0v) is 23.6. The summed E-state index contributed by atoms with van der Waals surface area (Å²) < 4.78 is 29.2. The van der Waals surface area contributed by atoms with Crippen molar-refractivity contribution in [2.45, 2.75) is 50.7 Å². The van der Waals surface area contributed by atoms with Crippen molar-refractivity contribution < 1.29 is 18.0 Å². The van der Waals surface area contributed by atoms with Crippen molar-refractivity contribution >= 4 is 43.5 Å². The zero-order chi connectivity index (χ0) is 27.0. The monoisotopic (exact) mass is 585 g/mol. The van der Waals surface area contributed by atoms with Crippen LogP contribution in [0.4, 0.5) is 5.69 Å². The molecule has 196 valence electrons. The summed E-state index contributed by atoms with van der Waals surface area (Å²) in [4.78, 5) is 28.3. The van der Waals surface area contributed by atoms with Crippen molar-refractivity contribution in [3.63, 3.8) is 0 Å². The minimum atomic E-state index is -4.08. The lowest BCUT2D eigenvalue weighted by Gasteiger charge is -2.32. The highest BCUT2D eigenvalue weighted by atomic mass is 79.9. The van der Waals surface area contributed by atoms with Crippen LogP contribution in [-0.2, 0) is 26.2 Å². The first-order valence-electron chi connectivity index (χ1n) is 12.1. The van der Waals surface area contributed by atoms with Gasteiger partial charge in [-0.05, 0) is 56.2 Å². The van der Waals surface area contributed by atoms with Gasteiger partial charge in [0.2, 0.25) is 11.8 Å². The highest BCUT2D eigenvalue weighted by Gasteiger charge is 2.32. The lowest BCUT2D eigenvalue weighted by atomic mass is 10.1. The number of hydrogen-bond acceptors (Lipinski definition) is 4. The van der Waals surface area contributed by atoms with E-state index in [0.717, 1.165) is 16.3 Å². The van der Waals surface area contributed by atoms with E-state index in [0.29, 0.717) is 10.2 Å². The van der Waals surface area contributed by atoms with Crippen LogP contribution in [-0.4, -0.2) is 43.8 Å². The maximum Gasteiger partial charge on any atom is 0.264 e. The predicted octanol–water partition coefficient (Wildman–Crippen LogP) is 4.98. The number of sulfonamides is 1. The molecular formula is C28H32BrN3O4S. The molecule has 0 heterocycles. The van der Waals surface area contributed by atoms with E-state index in [4.69, 9.17) is 0 Å². The Morgan fingerprint density at radius 3 is 2.14 bits per heavy atom. The number of rotatable bonds is 11. The molecule has 3 aromatic rings. The number of carbonyl (C=O) groups is 2. The van der Waals surface area contributed by atoms with Crippen molar-refractivity contribution in [2.24, 2.45) is 0 Å². The Hall–Kier alpha value is -3.17. The van der Waals surface area contributed by atoms with Gasteiger partial charge in [-0.3, -0.25) is 13.9 Å². The van der Waals surface area contributed by atoms with Crippen LogP contribution >= 0.6 is 15.9 Å². The van der Waals surface area contributed by atoms with Gasteiger partial charge in [0, 0.05) is 17.1 Å². The standard InChI is InChI=1S/C28H32BrN3O4S/c1-4-21(2)30-28(34)22(3)31(19-23-12-7-5-8-13-23)27(33)20-32(25-15-11-14-24(29)18-25)37(35,36)26-16-9-6-10-17-26/h5-18,21-22H,4,19-20H2,1-3H3,(H,30,34)/t21-,22-/m1/s1. The summed E-state index contributed by atoms with van der Waals surface area (Å²) in [5.74, 6) is -0.784. The highest BCUT2D eigenvalue weighted by Crippen LogP contribution is 2.27. The maximum absolute atomic E-state index is 13.8. The molecule has 0 saturated carbocycles. The van der Waals surface area contributed by atoms with Crippen LogP contribution in [0.1, 0.15) is 32.8 Å². The SMILES string of the molecule is CC[C@@H](C)NC(=O)[C@@H](C)N(Cc1ccccc1)C(=O)CN(c1cccc(Br)c1)S(=O)(=O)c1ccccc1. The number of anilines is 1. The molecule has 1 N–H and O–H groups in total. The van der Waals surface area contributed by atoms with Crippen molar-refractivity contribution in [3.8, 4) is 0 Å². The van der Waals surface area contributed by atoms with Gasteiger partial charge in [0.25, 0.3) is 10.0 Å². The van der Waals surface area contributed by atoms with Gasteiger partial charge in [-0.2, -0.15) is 0 Å². The van der Waals surface area contributed by atoms with Gasteiger partial charge in [-0.25, -0.2) is 8.42 Å². The molecule has 0 radical (unpaired) electrons. The molecule has 2 amide bonds. The van der Waals surface area contributed by atoms with Crippen LogP contribution in [0.25, 0.3) is 0 Å². The van der Waals surface area contributed by atoms with E-state index in [1.54, 1.807) is 49.4 Å². The van der Waals surface area contributed by atoms with Gasteiger partial charge < -0.3 is 10.2 Å². The maximum atomic E-state index is 13.8. The van der Waals surface area contributed by atoms with Crippen molar-refractivity contribution in [3.05, 3.63) is 95.0 Å². The van der Waals surface area contributed by atoms with E-state index in [1.807, 2.05) is 44.2 Å². The van der Waals surface area contributed by atoms with E-state index in [1.165, 1.54) is 17.0 Å². The molecule has 2 atom stereocenters. The second-order valence-electron chi connectivity index (χ2n) is 8.81. The van der Waals surface area contributed by atoms with Gasteiger partial charge in [0.1, 0.15) is 12.6 Å². The summed E-state index contributed by atoms with van der Waals surface area (Å²) in [6, 6.07) is 23.2. The molecular weight excluding hydrogens is 554 g/mol. The van der Waals surface area contributed by atoms with Gasteiger partial charge in [0.15, 0.2) is 0 Å². The Morgan fingerprint density at radius 2 is 1.54 bits per heavy atom. The topological polar surface area (TPSA) is 86.8 Å². The summed E-state index contributed by atoms with van der Waals surface area (Å²) in [7, 11) is -4.08. The molecule has 3 aromatic carbocycles. The normalized spacial score (nSPS) is 12.9. The third kappa shape index (κ3) is 7.42. The molecule has 0 unspecified atom stereocenters. The molecule has 7 nitrogen and oxygen atoms in total. The Morgan fingerprint density at radius 1 is 0.919 bits per heavy atom.